The van der Waals surface area contributed by atoms with Gasteiger partial charge >= 0.3 is 12.1 Å². The molecule has 0 unspecified atom stereocenters. The second-order valence-electron chi connectivity index (χ2n) is 7.24. The van der Waals surface area contributed by atoms with E-state index < -0.39 is 23.9 Å². The largest absolute Gasteiger partial charge is 0.372 e. The van der Waals surface area contributed by atoms with Gasteiger partial charge < -0.3 is 16.0 Å². The van der Waals surface area contributed by atoms with E-state index in [1.54, 1.807) is 0 Å². The highest BCUT2D eigenvalue weighted by Crippen LogP contribution is 2.19. The summed E-state index contributed by atoms with van der Waals surface area (Å²) in [6, 6.07) is 6.34. The van der Waals surface area contributed by atoms with E-state index in [1.165, 1.54) is 6.08 Å². The topological polar surface area (TPSA) is 125 Å². The van der Waals surface area contributed by atoms with E-state index in [-0.39, 0.29) is 12.1 Å². The number of amides is 6. The highest BCUT2D eigenvalue weighted by Gasteiger charge is 2.35. The van der Waals surface area contributed by atoms with Crippen LogP contribution in [0.15, 0.2) is 29.8 Å². The molecule has 0 radical (unpaired) electrons. The predicted octanol–water partition coefficient (Wildman–Crippen LogP) is 2.22. The van der Waals surface area contributed by atoms with Crippen molar-refractivity contribution in [2.45, 2.75) is 39.5 Å². The second kappa shape index (κ2) is 11.7. The van der Waals surface area contributed by atoms with Gasteiger partial charge in [-0.05, 0) is 50.5 Å². The zero-order valence-corrected chi connectivity index (χ0v) is 18.1. The molecule has 9 nitrogen and oxygen atoms in total. The number of carbonyl (C=O) groups excluding carboxylic acids is 4. The molecule has 1 saturated heterocycles. The number of primary amides is 1. The Morgan fingerprint density at radius 2 is 1.71 bits per heavy atom. The van der Waals surface area contributed by atoms with Gasteiger partial charge in [-0.15, -0.1) is 0 Å². The average Bonchev–Trinajstić information content (AvgIpc) is 2.74. The third-order valence-corrected chi connectivity index (χ3v) is 5.13. The number of benzene rings is 1. The lowest BCUT2D eigenvalue weighted by atomic mass is 10.1. The number of nitrogens with two attached hydrogens (primary N) is 1. The fourth-order valence-electron chi connectivity index (χ4n) is 3.39. The quantitative estimate of drug-likeness (QED) is 0.283. The Morgan fingerprint density at radius 1 is 1.06 bits per heavy atom. The molecule has 1 aromatic carbocycles. The smallest absolute Gasteiger partial charge is 0.331 e. The summed E-state index contributed by atoms with van der Waals surface area (Å²) in [5.74, 6) is -1.27. The van der Waals surface area contributed by atoms with Gasteiger partial charge in [-0.3, -0.25) is 19.8 Å². The minimum Gasteiger partial charge on any atom is -0.372 e. The zero-order valence-electron chi connectivity index (χ0n) is 18.1. The molecule has 1 aliphatic rings. The molecule has 0 aliphatic carbocycles. The van der Waals surface area contributed by atoms with Gasteiger partial charge in [0.15, 0.2) is 0 Å². The molecule has 0 spiro atoms. The molecule has 0 atom stereocenters. The number of carbonyl (C=O) groups is 4. The first-order chi connectivity index (χ1) is 14.9. The summed E-state index contributed by atoms with van der Waals surface area (Å²) in [5.41, 5.74) is 6.72. The summed E-state index contributed by atoms with van der Waals surface area (Å²) < 4.78 is 0. The van der Waals surface area contributed by atoms with Crippen molar-refractivity contribution < 1.29 is 19.2 Å². The lowest BCUT2D eigenvalue weighted by Gasteiger charge is -2.26. The van der Waals surface area contributed by atoms with E-state index >= 15 is 0 Å². The molecule has 1 heterocycles. The summed E-state index contributed by atoms with van der Waals surface area (Å²) in [6.07, 6.45) is 4.48. The van der Waals surface area contributed by atoms with Crippen LogP contribution in [0.2, 0.25) is 0 Å². The molecular weight excluding hydrogens is 398 g/mol. The average molecular weight is 430 g/mol. The number of urea groups is 2. The Kier molecular flexibility index (Phi) is 9.05. The highest BCUT2D eigenvalue weighted by molar-refractivity contribution is 6.31. The predicted molar refractivity (Wildman–Crippen MR) is 119 cm³/mol. The van der Waals surface area contributed by atoms with Crippen LogP contribution in [0.5, 0.6) is 0 Å². The molecule has 6 amide bonds. The van der Waals surface area contributed by atoms with E-state index in [1.807, 2.05) is 24.3 Å². The van der Waals surface area contributed by atoms with Crippen molar-refractivity contribution in [3.05, 3.63) is 35.4 Å². The van der Waals surface area contributed by atoms with E-state index in [9.17, 15) is 19.2 Å². The standard InChI is InChI=1S/C22H31N5O4/c1-3-26(4-2)17-11-9-16(10-12-17)15-18-19(28)25-22(31)27(20(18)29)14-8-6-5-7-13-24-21(23)30/h9-12,15H,3-8,13-14H2,1-2H3,(H3,23,24,30)(H,25,28,31)/b18-15-. The third-order valence-electron chi connectivity index (χ3n) is 5.13. The van der Waals surface area contributed by atoms with Crippen LogP contribution in [-0.4, -0.2) is 55.0 Å². The van der Waals surface area contributed by atoms with Gasteiger partial charge in [-0.1, -0.05) is 25.0 Å². The molecule has 2 rings (SSSR count). The van der Waals surface area contributed by atoms with E-state index in [4.69, 9.17) is 5.73 Å². The van der Waals surface area contributed by atoms with E-state index in [0.29, 0.717) is 18.5 Å². The number of anilines is 1. The fourth-order valence-corrected chi connectivity index (χ4v) is 3.39. The number of nitrogens with zero attached hydrogens (tertiary/aromatic N) is 2. The maximum Gasteiger partial charge on any atom is 0.331 e. The highest BCUT2D eigenvalue weighted by atomic mass is 16.2. The Bertz CT molecular complexity index is 831. The Morgan fingerprint density at radius 3 is 2.32 bits per heavy atom. The number of barbiturate groups is 1. The van der Waals surface area contributed by atoms with Crippen LogP contribution in [0.3, 0.4) is 0 Å². The van der Waals surface area contributed by atoms with E-state index in [0.717, 1.165) is 42.9 Å². The summed E-state index contributed by atoms with van der Waals surface area (Å²) in [5, 5.41) is 4.75. The number of hydrogen-bond donors (Lipinski definition) is 3. The zero-order chi connectivity index (χ0) is 22.8. The van der Waals surface area contributed by atoms with Crippen LogP contribution < -0.4 is 21.3 Å². The first-order valence-electron chi connectivity index (χ1n) is 10.6. The van der Waals surface area contributed by atoms with Gasteiger partial charge in [0.2, 0.25) is 0 Å². The van der Waals surface area contributed by atoms with Crippen LogP contribution in [0.4, 0.5) is 15.3 Å². The Balaban J connectivity index is 1.97. The van der Waals surface area contributed by atoms with E-state index in [2.05, 4.69) is 29.4 Å². The first kappa shape index (κ1) is 23.9. The van der Waals surface area contributed by atoms with Gasteiger partial charge in [-0.25, -0.2) is 9.59 Å². The number of imide groups is 2. The molecule has 0 bridgehead atoms. The molecule has 0 aromatic heterocycles. The SMILES string of the molecule is CCN(CC)c1ccc(/C=C2/C(=O)NC(=O)N(CCCCCCNC(N)=O)C2=O)cc1. The normalized spacial score (nSPS) is 15.2. The minimum absolute atomic E-state index is 0.0548. The van der Waals surface area contributed by atoms with Gasteiger partial charge in [0, 0.05) is 31.9 Å². The molecule has 4 N–H and O–H groups in total. The van der Waals surface area contributed by atoms with Gasteiger partial charge in [-0.2, -0.15) is 0 Å². The van der Waals surface area contributed by atoms with Crippen LogP contribution in [0.1, 0.15) is 45.1 Å². The van der Waals surface area contributed by atoms with Crippen LogP contribution in [0.25, 0.3) is 6.08 Å². The first-order valence-corrected chi connectivity index (χ1v) is 10.6. The molecule has 31 heavy (non-hydrogen) atoms. The van der Waals surface area contributed by atoms with Crippen molar-refractivity contribution in [3.63, 3.8) is 0 Å². The Hall–Kier alpha value is -3.36. The lowest BCUT2D eigenvalue weighted by Crippen LogP contribution is -2.54. The molecule has 0 saturated carbocycles. The number of nitrogens with one attached hydrogen (secondary N) is 2. The lowest BCUT2D eigenvalue weighted by molar-refractivity contribution is -0.130. The number of unbranched alkanes of at least 4 members (excludes halogenated alkanes) is 3. The molecule has 1 aliphatic heterocycles. The molecule has 168 valence electrons. The maximum absolute atomic E-state index is 12.8. The van der Waals surface area contributed by atoms with Crippen molar-refractivity contribution >= 4 is 35.6 Å². The summed E-state index contributed by atoms with van der Waals surface area (Å²) in [6.45, 7) is 6.64. The second-order valence-corrected chi connectivity index (χ2v) is 7.24. The monoisotopic (exact) mass is 429 g/mol. The number of hydrogen-bond acceptors (Lipinski definition) is 5. The minimum atomic E-state index is -0.695. The van der Waals surface area contributed by atoms with Crippen LogP contribution in [0, 0.1) is 0 Å². The van der Waals surface area contributed by atoms with Crippen molar-refractivity contribution in [1.29, 1.82) is 0 Å². The Labute approximate surface area is 182 Å². The molecule has 9 heteroatoms. The molecule has 1 fully saturated rings. The molecular formula is C22H31N5O4. The fraction of sp³-hybridized carbons (Fsp3) is 0.455. The van der Waals surface area contributed by atoms with Crippen LogP contribution in [-0.2, 0) is 9.59 Å². The number of rotatable bonds is 11. The summed E-state index contributed by atoms with van der Waals surface area (Å²) >= 11 is 0. The summed E-state index contributed by atoms with van der Waals surface area (Å²) in [7, 11) is 0. The van der Waals surface area contributed by atoms with Crippen molar-refractivity contribution in [2.75, 3.05) is 31.1 Å². The van der Waals surface area contributed by atoms with Gasteiger partial charge in [0.25, 0.3) is 11.8 Å². The van der Waals surface area contributed by atoms with Gasteiger partial charge in [0.1, 0.15) is 5.57 Å². The third kappa shape index (κ3) is 6.84. The van der Waals surface area contributed by atoms with Crippen molar-refractivity contribution in [2.24, 2.45) is 5.73 Å². The van der Waals surface area contributed by atoms with Crippen LogP contribution >= 0.6 is 0 Å². The maximum atomic E-state index is 12.8. The van der Waals surface area contributed by atoms with Gasteiger partial charge in [0.05, 0.1) is 0 Å². The summed E-state index contributed by atoms with van der Waals surface area (Å²) in [4.78, 5) is 51.0. The van der Waals surface area contributed by atoms with Crippen molar-refractivity contribution in [3.8, 4) is 0 Å². The van der Waals surface area contributed by atoms with Crippen molar-refractivity contribution in [1.82, 2.24) is 15.5 Å². The molecule has 1 aromatic rings.